The van der Waals surface area contributed by atoms with Crippen molar-refractivity contribution < 1.29 is 9.32 Å². The summed E-state index contributed by atoms with van der Waals surface area (Å²) in [6.45, 7) is 7.47. The quantitative estimate of drug-likeness (QED) is 0.825. The number of aromatic nitrogens is 2. The molecule has 0 N–H and O–H groups in total. The fourth-order valence-corrected chi connectivity index (χ4v) is 4.35. The number of hydrogen-bond acceptors (Lipinski definition) is 5. The zero-order valence-corrected chi connectivity index (χ0v) is 16.2. The Morgan fingerprint density at radius 2 is 2.00 bits per heavy atom. The first-order valence-corrected chi connectivity index (χ1v) is 9.95. The summed E-state index contributed by atoms with van der Waals surface area (Å²) < 4.78 is 5.40. The van der Waals surface area contributed by atoms with Gasteiger partial charge in [0.1, 0.15) is 0 Å². The lowest BCUT2D eigenvalue weighted by Crippen LogP contribution is -2.54. The molecule has 4 rings (SSSR count). The lowest BCUT2D eigenvalue weighted by molar-refractivity contribution is -0.138. The maximum Gasteiger partial charge on any atom is 0.266 e. The lowest BCUT2D eigenvalue weighted by atomic mass is 9.73. The van der Waals surface area contributed by atoms with Gasteiger partial charge in [0.15, 0.2) is 0 Å². The molecule has 27 heavy (non-hydrogen) atoms. The Labute approximate surface area is 160 Å². The van der Waals surface area contributed by atoms with Gasteiger partial charge in [0.2, 0.25) is 11.8 Å². The highest BCUT2D eigenvalue weighted by Gasteiger charge is 2.42. The molecule has 1 aromatic carbocycles. The van der Waals surface area contributed by atoms with Crippen LogP contribution >= 0.6 is 0 Å². The molecule has 2 aliphatic heterocycles. The van der Waals surface area contributed by atoms with E-state index in [4.69, 9.17) is 4.52 Å². The van der Waals surface area contributed by atoms with E-state index in [9.17, 15) is 4.79 Å². The molecular weight excluding hydrogens is 340 g/mol. The number of hydrogen-bond donors (Lipinski definition) is 0. The first-order chi connectivity index (χ1) is 13.0. The van der Waals surface area contributed by atoms with Crippen LogP contribution in [-0.4, -0.2) is 40.6 Å². The second-order valence-electron chi connectivity index (χ2n) is 8.35. The van der Waals surface area contributed by atoms with Crippen LogP contribution in [0.3, 0.4) is 0 Å². The Hall–Kier alpha value is -2.37. The molecule has 1 atom stereocenters. The van der Waals surface area contributed by atoms with Crippen LogP contribution in [0.15, 0.2) is 34.9 Å². The third-order valence-electron chi connectivity index (χ3n) is 5.83. The monoisotopic (exact) mass is 368 g/mol. The zero-order chi connectivity index (χ0) is 18.9. The molecule has 6 nitrogen and oxygen atoms in total. The van der Waals surface area contributed by atoms with Gasteiger partial charge in [-0.05, 0) is 30.0 Å². The number of anilines is 1. The zero-order valence-electron chi connectivity index (χ0n) is 16.2. The normalized spacial score (nSPS) is 23.4. The highest BCUT2D eigenvalue weighted by atomic mass is 16.5. The highest BCUT2D eigenvalue weighted by molar-refractivity contribution is 5.77. The SMILES string of the molecule is CC(C)c1nc(N2CCC[C@@]3(CCC(=O)N(Cc4ccccc4)C3)C2)no1. The van der Waals surface area contributed by atoms with Crippen molar-refractivity contribution in [2.45, 2.75) is 52.0 Å². The Morgan fingerprint density at radius 1 is 1.19 bits per heavy atom. The summed E-state index contributed by atoms with van der Waals surface area (Å²) in [5.41, 5.74) is 1.31. The van der Waals surface area contributed by atoms with Crippen molar-refractivity contribution in [2.75, 3.05) is 24.5 Å². The van der Waals surface area contributed by atoms with Crippen LogP contribution in [0.5, 0.6) is 0 Å². The molecule has 0 bridgehead atoms. The van der Waals surface area contributed by atoms with Crippen molar-refractivity contribution in [3.63, 3.8) is 0 Å². The van der Waals surface area contributed by atoms with Gasteiger partial charge in [0, 0.05) is 43.9 Å². The smallest absolute Gasteiger partial charge is 0.266 e. The molecule has 1 spiro atoms. The largest absolute Gasteiger partial charge is 0.338 e. The van der Waals surface area contributed by atoms with Crippen LogP contribution < -0.4 is 4.90 Å². The number of likely N-dealkylation sites (tertiary alicyclic amines) is 1. The molecular formula is C21H28N4O2. The van der Waals surface area contributed by atoms with Gasteiger partial charge in [-0.2, -0.15) is 4.98 Å². The van der Waals surface area contributed by atoms with E-state index < -0.39 is 0 Å². The maximum atomic E-state index is 12.5. The molecule has 2 fully saturated rings. The molecule has 2 aliphatic rings. The minimum absolute atomic E-state index is 0.125. The standard InChI is InChI=1S/C21H28N4O2/c1-16(2)19-22-20(23-27-19)24-12-6-10-21(14-24)11-9-18(26)25(15-21)13-17-7-4-3-5-8-17/h3-5,7-8,16H,6,9-15H2,1-2H3/t21-/m1/s1. The molecule has 0 unspecified atom stereocenters. The van der Waals surface area contributed by atoms with Crippen LogP contribution in [0.25, 0.3) is 0 Å². The Kier molecular flexibility index (Phi) is 4.89. The number of carbonyl (C=O) groups is 1. The number of carbonyl (C=O) groups excluding carboxylic acids is 1. The summed E-state index contributed by atoms with van der Waals surface area (Å²) >= 11 is 0. The fraction of sp³-hybridized carbons (Fsp3) is 0.571. The Bertz CT molecular complexity index is 788. The van der Waals surface area contributed by atoms with Crippen molar-refractivity contribution in [1.82, 2.24) is 15.0 Å². The van der Waals surface area contributed by atoms with Crippen molar-refractivity contribution in [1.29, 1.82) is 0 Å². The molecule has 6 heteroatoms. The molecule has 0 aliphatic carbocycles. The third-order valence-corrected chi connectivity index (χ3v) is 5.83. The van der Waals surface area contributed by atoms with Gasteiger partial charge in [-0.25, -0.2) is 0 Å². The minimum atomic E-state index is 0.125. The molecule has 1 aromatic heterocycles. The molecule has 144 valence electrons. The third kappa shape index (κ3) is 3.84. The van der Waals surface area contributed by atoms with Crippen molar-refractivity contribution in [3.05, 3.63) is 41.8 Å². The van der Waals surface area contributed by atoms with E-state index >= 15 is 0 Å². The average Bonchev–Trinajstić information content (AvgIpc) is 3.17. The number of piperidine rings is 2. The second-order valence-corrected chi connectivity index (χ2v) is 8.35. The first-order valence-electron chi connectivity index (χ1n) is 9.95. The topological polar surface area (TPSA) is 62.5 Å². The second kappa shape index (κ2) is 7.33. The van der Waals surface area contributed by atoms with E-state index in [2.05, 4.69) is 41.0 Å². The Balaban J connectivity index is 1.48. The van der Waals surface area contributed by atoms with Crippen LogP contribution in [0, 0.1) is 5.41 Å². The summed E-state index contributed by atoms with van der Waals surface area (Å²) in [5.74, 6) is 1.89. The van der Waals surface area contributed by atoms with Gasteiger partial charge in [0.05, 0.1) is 0 Å². The first kappa shape index (κ1) is 18.0. The predicted octanol–water partition coefficient (Wildman–Crippen LogP) is 3.60. The molecule has 0 radical (unpaired) electrons. The van der Waals surface area contributed by atoms with Crippen LogP contribution in [0.2, 0.25) is 0 Å². The van der Waals surface area contributed by atoms with Crippen molar-refractivity contribution >= 4 is 11.9 Å². The van der Waals surface area contributed by atoms with E-state index in [-0.39, 0.29) is 17.2 Å². The van der Waals surface area contributed by atoms with Gasteiger partial charge in [-0.3, -0.25) is 4.79 Å². The van der Waals surface area contributed by atoms with E-state index in [1.807, 2.05) is 23.1 Å². The lowest BCUT2D eigenvalue weighted by Gasteiger charge is -2.48. The molecule has 2 saturated heterocycles. The van der Waals surface area contributed by atoms with Gasteiger partial charge >= 0.3 is 0 Å². The van der Waals surface area contributed by atoms with Crippen molar-refractivity contribution in [3.8, 4) is 0 Å². The van der Waals surface area contributed by atoms with E-state index in [0.29, 0.717) is 24.8 Å². The van der Waals surface area contributed by atoms with Crippen LogP contribution in [0.1, 0.15) is 56.9 Å². The van der Waals surface area contributed by atoms with E-state index in [0.717, 1.165) is 38.9 Å². The highest BCUT2D eigenvalue weighted by Crippen LogP contribution is 2.40. The summed E-state index contributed by atoms with van der Waals surface area (Å²) in [6.07, 6.45) is 3.82. The predicted molar refractivity (Wildman–Crippen MR) is 103 cm³/mol. The number of benzene rings is 1. The summed E-state index contributed by atoms with van der Waals surface area (Å²) in [4.78, 5) is 21.4. The van der Waals surface area contributed by atoms with Gasteiger partial charge < -0.3 is 14.3 Å². The van der Waals surface area contributed by atoms with Gasteiger partial charge in [0.25, 0.3) is 5.95 Å². The summed E-state index contributed by atoms with van der Waals surface area (Å²) in [7, 11) is 0. The fourth-order valence-electron chi connectivity index (χ4n) is 4.35. The molecule has 0 saturated carbocycles. The number of nitrogens with zero attached hydrogens (tertiary/aromatic N) is 4. The van der Waals surface area contributed by atoms with Crippen molar-refractivity contribution in [2.24, 2.45) is 5.41 Å². The van der Waals surface area contributed by atoms with E-state index in [1.54, 1.807) is 0 Å². The molecule has 3 heterocycles. The number of rotatable bonds is 4. The molecule has 2 aromatic rings. The maximum absolute atomic E-state index is 12.5. The number of amides is 1. The van der Waals surface area contributed by atoms with Gasteiger partial charge in [-0.1, -0.05) is 44.2 Å². The minimum Gasteiger partial charge on any atom is -0.338 e. The van der Waals surface area contributed by atoms with Gasteiger partial charge in [-0.15, -0.1) is 0 Å². The van der Waals surface area contributed by atoms with Crippen LogP contribution in [-0.2, 0) is 11.3 Å². The average molecular weight is 368 g/mol. The molecule has 1 amide bonds. The van der Waals surface area contributed by atoms with E-state index in [1.165, 1.54) is 5.56 Å². The van der Waals surface area contributed by atoms with Crippen LogP contribution in [0.4, 0.5) is 5.95 Å². The summed E-state index contributed by atoms with van der Waals surface area (Å²) in [6, 6.07) is 10.3. The summed E-state index contributed by atoms with van der Waals surface area (Å²) in [5, 5.41) is 4.20. The Morgan fingerprint density at radius 3 is 2.74 bits per heavy atom.